The quantitative estimate of drug-likeness (QED) is 0.285. The van der Waals surface area contributed by atoms with E-state index in [1.165, 1.54) is 12.1 Å². The predicted octanol–water partition coefficient (Wildman–Crippen LogP) is 3.88. The van der Waals surface area contributed by atoms with Gasteiger partial charge in [0, 0.05) is 19.3 Å². The molecule has 1 aromatic carbocycles. The van der Waals surface area contributed by atoms with Gasteiger partial charge in [-0.2, -0.15) is 0 Å². The second-order valence-corrected chi connectivity index (χ2v) is 8.90. The number of hydrogen-bond acceptors (Lipinski definition) is 9. The van der Waals surface area contributed by atoms with Crippen LogP contribution in [0.5, 0.6) is 11.5 Å². The van der Waals surface area contributed by atoms with Crippen LogP contribution < -0.4 is 15.2 Å². The lowest BCUT2D eigenvalue weighted by molar-refractivity contribution is -0.158. The molecule has 0 saturated carbocycles. The molecule has 2 N–H and O–H groups in total. The monoisotopic (exact) mass is 493 g/mol. The number of ether oxygens (including phenoxy) is 4. The minimum absolute atomic E-state index is 0.0907. The van der Waals surface area contributed by atoms with Crippen molar-refractivity contribution in [3.05, 3.63) is 23.8 Å². The first-order valence-corrected chi connectivity index (χ1v) is 12.2. The van der Waals surface area contributed by atoms with E-state index in [1.54, 1.807) is 13.0 Å². The van der Waals surface area contributed by atoms with Gasteiger partial charge in [0.25, 0.3) is 0 Å². The molecule has 9 nitrogen and oxygen atoms in total. The summed E-state index contributed by atoms with van der Waals surface area (Å²) in [5, 5.41) is 0. The minimum Gasteiger partial charge on any atom is -0.461 e. The molecular formula is C26H39NO8. The summed E-state index contributed by atoms with van der Waals surface area (Å²) in [7, 11) is 0. The van der Waals surface area contributed by atoms with Gasteiger partial charge >= 0.3 is 23.9 Å². The normalized spacial score (nSPS) is 12.5. The summed E-state index contributed by atoms with van der Waals surface area (Å²) >= 11 is 0. The molecule has 0 radical (unpaired) electrons. The van der Waals surface area contributed by atoms with Crippen molar-refractivity contribution in [3.8, 4) is 11.5 Å². The van der Waals surface area contributed by atoms with E-state index in [-0.39, 0.29) is 43.3 Å². The molecule has 0 heterocycles. The number of benzene rings is 1. The first-order valence-electron chi connectivity index (χ1n) is 12.2. The van der Waals surface area contributed by atoms with Gasteiger partial charge in [-0.3, -0.25) is 19.2 Å². The zero-order valence-corrected chi connectivity index (χ0v) is 21.5. The molecule has 0 unspecified atom stereocenters. The molecule has 0 bridgehead atoms. The van der Waals surface area contributed by atoms with E-state index < -0.39 is 30.1 Å². The first kappa shape index (κ1) is 30.1. The second kappa shape index (κ2) is 15.9. The molecular weight excluding hydrogens is 454 g/mol. The Bertz CT molecular complexity index is 852. The number of carbonyl (C=O) groups is 4. The van der Waals surface area contributed by atoms with Gasteiger partial charge in [-0.25, -0.2) is 0 Å². The van der Waals surface area contributed by atoms with Crippen molar-refractivity contribution in [2.75, 3.05) is 6.61 Å². The van der Waals surface area contributed by atoms with E-state index >= 15 is 0 Å². The van der Waals surface area contributed by atoms with Gasteiger partial charge < -0.3 is 24.7 Å². The van der Waals surface area contributed by atoms with E-state index in [9.17, 15) is 19.2 Å². The summed E-state index contributed by atoms with van der Waals surface area (Å²) in [5.41, 5.74) is 6.59. The summed E-state index contributed by atoms with van der Waals surface area (Å²) in [5.74, 6) is -1.28. The maximum Gasteiger partial charge on any atom is 0.323 e. The maximum absolute atomic E-state index is 12.3. The third-order valence-corrected chi connectivity index (χ3v) is 4.84. The van der Waals surface area contributed by atoms with Gasteiger partial charge in [-0.1, -0.05) is 33.8 Å². The maximum atomic E-state index is 12.3. The van der Waals surface area contributed by atoms with E-state index in [0.29, 0.717) is 30.7 Å². The highest BCUT2D eigenvalue weighted by Crippen LogP contribution is 2.30. The molecule has 0 amide bonds. The lowest BCUT2D eigenvalue weighted by atomic mass is 10.1. The van der Waals surface area contributed by atoms with Crippen LogP contribution in [-0.4, -0.2) is 42.6 Å². The molecule has 0 aromatic heterocycles. The van der Waals surface area contributed by atoms with Crippen molar-refractivity contribution >= 4 is 23.9 Å². The van der Waals surface area contributed by atoms with Crippen LogP contribution in [-0.2, 0) is 35.1 Å². The largest absolute Gasteiger partial charge is 0.461 e. The fraction of sp³-hybridized carbons (Fsp3) is 0.615. The van der Waals surface area contributed by atoms with E-state index in [2.05, 4.69) is 0 Å². The average molecular weight is 494 g/mol. The highest BCUT2D eigenvalue weighted by molar-refractivity contribution is 5.77. The molecule has 196 valence electrons. The summed E-state index contributed by atoms with van der Waals surface area (Å²) < 4.78 is 21.1. The highest BCUT2D eigenvalue weighted by atomic mass is 16.6. The predicted molar refractivity (Wildman–Crippen MR) is 130 cm³/mol. The van der Waals surface area contributed by atoms with Crippen LogP contribution in [0, 0.1) is 5.92 Å². The smallest absolute Gasteiger partial charge is 0.323 e. The van der Waals surface area contributed by atoms with Crippen molar-refractivity contribution < 1.29 is 38.1 Å². The Morgan fingerprint density at radius 2 is 1.46 bits per heavy atom. The number of carbonyl (C=O) groups excluding carboxylic acids is 4. The molecule has 1 rings (SSSR count). The van der Waals surface area contributed by atoms with Crippen LogP contribution in [0.15, 0.2) is 18.2 Å². The Hall–Kier alpha value is -2.94. The topological polar surface area (TPSA) is 131 Å². The third kappa shape index (κ3) is 12.4. The van der Waals surface area contributed by atoms with Crippen LogP contribution in [0.1, 0.15) is 78.7 Å². The Morgan fingerprint density at radius 1 is 0.857 bits per heavy atom. The molecule has 0 aliphatic rings. The van der Waals surface area contributed by atoms with Gasteiger partial charge in [-0.15, -0.1) is 0 Å². The lowest BCUT2D eigenvalue weighted by Crippen LogP contribution is -2.36. The van der Waals surface area contributed by atoms with Crippen molar-refractivity contribution in [1.29, 1.82) is 0 Å². The van der Waals surface area contributed by atoms with Crippen molar-refractivity contribution in [3.63, 3.8) is 0 Å². The number of nitrogens with two attached hydrogens (primary N) is 1. The van der Waals surface area contributed by atoms with Crippen LogP contribution in [0.3, 0.4) is 0 Å². The molecule has 0 aliphatic carbocycles. The van der Waals surface area contributed by atoms with E-state index in [4.69, 9.17) is 24.7 Å². The summed E-state index contributed by atoms with van der Waals surface area (Å²) in [4.78, 5) is 48.1. The Kier molecular flexibility index (Phi) is 13.6. The van der Waals surface area contributed by atoms with Gasteiger partial charge in [0.1, 0.15) is 18.8 Å². The van der Waals surface area contributed by atoms with Crippen molar-refractivity contribution in [2.45, 2.75) is 91.7 Å². The number of hydrogen-bond donors (Lipinski definition) is 1. The summed E-state index contributed by atoms with van der Waals surface area (Å²) in [6.07, 6.45) is 2.20. The highest BCUT2D eigenvalue weighted by Gasteiger charge is 2.20. The van der Waals surface area contributed by atoms with Gasteiger partial charge in [-0.05, 0) is 56.2 Å². The third-order valence-electron chi connectivity index (χ3n) is 4.84. The average Bonchev–Trinajstić information content (AvgIpc) is 2.78. The van der Waals surface area contributed by atoms with Crippen molar-refractivity contribution in [1.82, 2.24) is 0 Å². The molecule has 9 heteroatoms. The standard InChI is InChI=1S/C26H39NO8/c1-6-8-23(28)34-21-12-11-19(15-22(21)35-24(29)9-7-2)14-20(27)26(31)32-16-18(5)33-25(30)13-10-17(3)4/h11-12,15,17-18,20H,6-10,13-14,16,27H2,1-5H3/t18-,20-/m0/s1. The second-order valence-electron chi connectivity index (χ2n) is 8.90. The molecule has 0 saturated heterocycles. The number of rotatable bonds is 15. The Labute approximate surface area is 207 Å². The minimum atomic E-state index is -0.994. The fourth-order valence-corrected chi connectivity index (χ4v) is 2.97. The van der Waals surface area contributed by atoms with Crippen LogP contribution in [0.25, 0.3) is 0 Å². The van der Waals surface area contributed by atoms with Crippen LogP contribution in [0.2, 0.25) is 0 Å². The van der Waals surface area contributed by atoms with Gasteiger partial charge in [0.2, 0.25) is 0 Å². The van der Waals surface area contributed by atoms with Crippen LogP contribution >= 0.6 is 0 Å². The summed E-state index contributed by atoms with van der Waals surface area (Å²) in [6.45, 7) is 9.27. The summed E-state index contributed by atoms with van der Waals surface area (Å²) in [6, 6.07) is 3.67. The first-order chi connectivity index (χ1) is 16.5. The zero-order chi connectivity index (χ0) is 26.4. The molecule has 0 spiro atoms. The van der Waals surface area contributed by atoms with Crippen LogP contribution in [0.4, 0.5) is 0 Å². The van der Waals surface area contributed by atoms with Crippen molar-refractivity contribution in [2.24, 2.45) is 11.7 Å². The molecule has 35 heavy (non-hydrogen) atoms. The number of esters is 4. The van der Waals surface area contributed by atoms with E-state index in [0.717, 1.165) is 6.42 Å². The van der Waals surface area contributed by atoms with Gasteiger partial charge in [0.15, 0.2) is 11.5 Å². The zero-order valence-electron chi connectivity index (χ0n) is 21.5. The molecule has 0 fully saturated rings. The molecule has 0 aliphatic heterocycles. The molecule has 1 aromatic rings. The SMILES string of the molecule is CCCC(=O)Oc1ccc(C[C@H](N)C(=O)OC[C@H](C)OC(=O)CCC(C)C)cc1OC(=O)CCC. The lowest BCUT2D eigenvalue weighted by Gasteiger charge is -2.17. The Balaban J connectivity index is 2.74. The van der Waals surface area contributed by atoms with Gasteiger partial charge in [0.05, 0.1) is 0 Å². The van der Waals surface area contributed by atoms with E-state index in [1.807, 2.05) is 27.7 Å². The molecule has 2 atom stereocenters. The fourth-order valence-electron chi connectivity index (χ4n) is 2.97. The Morgan fingerprint density at radius 3 is 2.03 bits per heavy atom.